The SMILES string of the molecule is COc1cc2c(cc1CNC1C3CCN(CC3)C1C(c1ccccc1)c1ccccc1)CCCC2. The van der Waals surface area contributed by atoms with Crippen molar-refractivity contribution in [3.63, 3.8) is 0 Å². The van der Waals surface area contributed by atoms with Crippen LogP contribution in [0, 0.1) is 5.92 Å². The first kappa shape index (κ1) is 22.8. The van der Waals surface area contributed by atoms with E-state index in [0.29, 0.717) is 18.0 Å². The molecule has 182 valence electrons. The zero-order chi connectivity index (χ0) is 23.6. The minimum Gasteiger partial charge on any atom is -0.496 e. The quantitative estimate of drug-likeness (QED) is 0.465. The van der Waals surface area contributed by atoms with E-state index in [1.165, 1.54) is 79.4 Å². The Morgan fingerprint density at radius 1 is 0.857 bits per heavy atom. The second-order valence-electron chi connectivity index (χ2n) is 10.7. The molecule has 2 bridgehead atoms. The third kappa shape index (κ3) is 4.52. The minimum absolute atomic E-state index is 0.364. The number of fused-ring (bicyclic) bond motifs is 4. The van der Waals surface area contributed by atoms with Crippen LogP contribution in [0.15, 0.2) is 72.8 Å². The zero-order valence-corrected chi connectivity index (χ0v) is 21.0. The van der Waals surface area contributed by atoms with Gasteiger partial charge < -0.3 is 10.1 Å². The topological polar surface area (TPSA) is 24.5 Å². The highest BCUT2D eigenvalue weighted by atomic mass is 16.5. The molecule has 0 amide bonds. The van der Waals surface area contributed by atoms with Crippen LogP contribution in [0.25, 0.3) is 0 Å². The first-order valence-electron chi connectivity index (χ1n) is 13.6. The fourth-order valence-electron chi connectivity index (χ4n) is 7.07. The number of nitrogens with one attached hydrogen (secondary N) is 1. The van der Waals surface area contributed by atoms with Gasteiger partial charge in [0.2, 0.25) is 0 Å². The van der Waals surface area contributed by atoms with Crippen LogP contribution in [0.1, 0.15) is 59.4 Å². The van der Waals surface area contributed by atoms with Gasteiger partial charge in [0.05, 0.1) is 7.11 Å². The Hall–Kier alpha value is -2.62. The number of benzene rings is 3. The maximum absolute atomic E-state index is 5.88. The Bertz CT molecular complexity index is 1080. The Balaban J connectivity index is 1.33. The van der Waals surface area contributed by atoms with Gasteiger partial charge in [-0.3, -0.25) is 4.90 Å². The molecule has 0 spiro atoms. The summed E-state index contributed by atoms with van der Waals surface area (Å²) < 4.78 is 5.88. The maximum atomic E-state index is 5.88. The molecule has 1 aliphatic carbocycles. The molecule has 0 saturated carbocycles. The van der Waals surface area contributed by atoms with Crippen LogP contribution in [-0.2, 0) is 19.4 Å². The van der Waals surface area contributed by atoms with E-state index in [0.717, 1.165) is 18.2 Å². The van der Waals surface area contributed by atoms with Crippen molar-refractivity contribution in [2.45, 2.75) is 63.1 Å². The Morgan fingerprint density at radius 3 is 2.06 bits per heavy atom. The lowest BCUT2D eigenvalue weighted by atomic mass is 9.70. The summed E-state index contributed by atoms with van der Waals surface area (Å²) in [6.07, 6.45) is 7.60. The number of rotatable bonds is 7. The summed E-state index contributed by atoms with van der Waals surface area (Å²) in [5.74, 6) is 2.14. The molecule has 3 fully saturated rings. The molecular formula is C32H38N2O. The van der Waals surface area contributed by atoms with E-state index < -0.39 is 0 Å². The molecule has 4 aliphatic rings. The van der Waals surface area contributed by atoms with E-state index in [-0.39, 0.29) is 0 Å². The van der Waals surface area contributed by atoms with Gasteiger partial charge >= 0.3 is 0 Å². The molecule has 35 heavy (non-hydrogen) atoms. The van der Waals surface area contributed by atoms with Crippen LogP contribution in [0.5, 0.6) is 5.75 Å². The molecule has 2 unspecified atom stereocenters. The van der Waals surface area contributed by atoms with Crippen LogP contribution >= 0.6 is 0 Å². The molecule has 3 nitrogen and oxygen atoms in total. The van der Waals surface area contributed by atoms with Crippen molar-refractivity contribution in [1.82, 2.24) is 10.2 Å². The van der Waals surface area contributed by atoms with Gasteiger partial charge in [-0.2, -0.15) is 0 Å². The average Bonchev–Trinajstić information content (AvgIpc) is 2.93. The molecule has 3 aromatic rings. The van der Waals surface area contributed by atoms with E-state index in [2.05, 4.69) is 83.0 Å². The van der Waals surface area contributed by atoms with E-state index in [4.69, 9.17) is 4.74 Å². The molecule has 7 rings (SSSR count). The fourth-order valence-corrected chi connectivity index (χ4v) is 7.07. The first-order valence-corrected chi connectivity index (χ1v) is 13.6. The summed E-state index contributed by atoms with van der Waals surface area (Å²) >= 11 is 0. The van der Waals surface area contributed by atoms with Crippen molar-refractivity contribution in [3.05, 3.63) is 101 Å². The summed E-state index contributed by atoms with van der Waals surface area (Å²) in [5, 5.41) is 4.10. The lowest BCUT2D eigenvalue weighted by molar-refractivity contribution is 0.00462. The number of ether oxygens (including phenoxy) is 1. The molecule has 0 radical (unpaired) electrons. The van der Waals surface area contributed by atoms with E-state index in [1.54, 1.807) is 0 Å². The van der Waals surface area contributed by atoms with Crippen molar-refractivity contribution >= 4 is 0 Å². The highest BCUT2D eigenvalue weighted by Crippen LogP contribution is 2.42. The molecule has 0 aromatic heterocycles. The number of methoxy groups -OCH3 is 1. The second-order valence-corrected chi connectivity index (χ2v) is 10.7. The normalized spacial score (nSPS) is 25.4. The minimum atomic E-state index is 0.364. The molecule has 3 heteroatoms. The average molecular weight is 467 g/mol. The van der Waals surface area contributed by atoms with Gasteiger partial charge in [-0.05, 0) is 85.9 Å². The van der Waals surface area contributed by atoms with Gasteiger partial charge in [-0.25, -0.2) is 0 Å². The summed E-state index contributed by atoms with van der Waals surface area (Å²) in [5.41, 5.74) is 7.19. The van der Waals surface area contributed by atoms with E-state index in [9.17, 15) is 0 Å². The summed E-state index contributed by atoms with van der Waals surface area (Å²) in [6.45, 7) is 3.30. The summed E-state index contributed by atoms with van der Waals surface area (Å²) in [4.78, 5) is 2.77. The lowest BCUT2D eigenvalue weighted by Gasteiger charge is -2.54. The van der Waals surface area contributed by atoms with Crippen LogP contribution in [0.3, 0.4) is 0 Å². The maximum Gasteiger partial charge on any atom is 0.123 e. The fraction of sp³-hybridized carbons (Fsp3) is 0.438. The number of nitrogens with zero attached hydrogens (tertiary/aromatic N) is 1. The van der Waals surface area contributed by atoms with Crippen LogP contribution < -0.4 is 10.1 Å². The predicted molar refractivity (Wildman–Crippen MR) is 143 cm³/mol. The van der Waals surface area contributed by atoms with Crippen molar-refractivity contribution in [2.75, 3.05) is 20.2 Å². The third-order valence-electron chi connectivity index (χ3n) is 8.80. The number of hydrogen-bond acceptors (Lipinski definition) is 3. The van der Waals surface area contributed by atoms with E-state index >= 15 is 0 Å². The molecule has 1 N–H and O–H groups in total. The number of aryl methyl sites for hydroxylation is 2. The zero-order valence-electron chi connectivity index (χ0n) is 21.0. The highest BCUT2D eigenvalue weighted by Gasteiger charge is 2.46. The number of piperidine rings is 3. The van der Waals surface area contributed by atoms with Crippen molar-refractivity contribution < 1.29 is 4.74 Å². The van der Waals surface area contributed by atoms with Gasteiger partial charge in [0.1, 0.15) is 5.75 Å². The standard InChI is InChI=1S/C32H38N2O/c1-35-29-21-27-15-9-8-14-26(27)20-28(29)22-33-31-25-16-18-34(19-17-25)32(31)30(23-10-4-2-5-11-23)24-12-6-3-7-13-24/h2-7,10-13,20-21,25,30-33H,8-9,14-19,22H2,1H3. The Morgan fingerprint density at radius 2 is 1.46 bits per heavy atom. The molecule has 3 aliphatic heterocycles. The van der Waals surface area contributed by atoms with Crippen molar-refractivity contribution in [1.29, 1.82) is 0 Å². The second kappa shape index (κ2) is 10.2. The molecular weight excluding hydrogens is 428 g/mol. The van der Waals surface area contributed by atoms with Gasteiger partial charge in [-0.1, -0.05) is 66.7 Å². The van der Waals surface area contributed by atoms with Gasteiger partial charge in [0.25, 0.3) is 0 Å². The first-order chi connectivity index (χ1) is 17.3. The largest absolute Gasteiger partial charge is 0.496 e. The van der Waals surface area contributed by atoms with Crippen molar-refractivity contribution in [2.24, 2.45) is 5.92 Å². The molecule has 3 aromatic carbocycles. The van der Waals surface area contributed by atoms with Crippen LogP contribution in [0.4, 0.5) is 0 Å². The molecule has 3 heterocycles. The monoisotopic (exact) mass is 466 g/mol. The Kier molecular flexibility index (Phi) is 6.63. The highest BCUT2D eigenvalue weighted by molar-refractivity contribution is 5.44. The lowest BCUT2D eigenvalue weighted by Crippen LogP contribution is -2.64. The van der Waals surface area contributed by atoms with Crippen molar-refractivity contribution in [3.8, 4) is 5.75 Å². The third-order valence-corrected chi connectivity index (χ3v) is 8.80. The van der Waals surface area contributed by atoms with Crippen LogP contribution in [-0.4, -0.2) is 37.2 Å². The Labute approximate surface area is 210 Å². The van der Waals surface area contributed by atoms with Gasteiger partial charge in [0, 0.05) is 30.1 Å². The van der Waals surface area contributed by atoms with Crippen LogP contribution in [0.2, 0.25) is 0 Å². The molecule has 3 saturated heterocycles. The van der Waals surface area contributed by atoms with Gasteiger partial charge in [0.15, 0.2) is 0 Å². The number of hydrogen-bond donors (Lipinski definition) is 1. The smallest absolute Gasteiger partial charge is 0.123 e. The van der Waals surface area contributed by atoms with E-state index in [1.807, 2.05) is 7.11 Å². The summed E-state index contributed by atoms with van der Waals surface area (Å²) in [7, 11) is 1.83. The summed E-state index contributed by atoms with van der Waals surface area (Å²) in [6, 6.07) is 28.0. The predicted octanol–water partition coefficient (Wildman–Crippen LogP) is 5.96. The molecule has 2 atom stereocenters. The van der Waals surface area contributed by atoms with Gasteiger partial charge in [-0.15, -0.1) is 0 Å².